The molecule has 0 aromatic carbocycles. The lowest BCUT2D eigenvalue weighted by molar-refractivity contribution is -0.138. The van der Waals surface area contributed by atoms with Gasteiger partial charge in [0.05, 0.1) is 0 Å². The molecule has 0 heterocycles. The molecule has 0 bridgehead atoms. The third kappa shape index (κ3) is 10.5. The van der Waals surface area contributed by atoms with Gasteiger partial charge >= 0.3 is 5.97 Å². The Morgan fingerprint density at radius 3 is 2.37 bits per heavy atom. The van der Waals surface area contributed by atoms with Crippen LogP contribution in [0.15, 0.2) is 0 Å². The number of nitrogens with one attached hydrogen (secondary N) is 1. The van der Waals surface area contributed by atoms with Crippen LogP contribution in [0.4, 0.5) is 0 Å². The molecule has 0 spiro atoms. The van der Waals surface area contributed by atoms with E-state index in [-0.39, 0.29) is 24.3 Å². The van der Waals surface area contributed by atoms with Crippen LogP contribution in [-0.2, 0) is 9.59 Å². The lowest BCUT2D eigenvalue weighted by Gasteiger charge is -2.18. The molecule has 0 aliphatic heterocycles. The Hall–Kier alpha value is -1.10. The SMILES string of the molecule is CCCC(N)CC(=O)NC[C@H](CC(=O)O)CC(C)C. The van der Waals surface area contributed by atoms with Crippen molar-refractivity contribution in [2.24, 2.45) is 17.6 Å². The first-order valence-corrected chi connectivity index (χ1v) is 7.09. The molecule has 0 aromatic heterocycles. The molecule has 5 nitrogen and oxygen atoms in total. The molecule has 0 saturated heterocycles. The molecule has 0 aliphatic carbocycles. The Balaban J connectivity index is 4.08. The number of hydrogen-bond donors (Lipinski definition) is 3. The van der Waals surface area contributed by atoms with Gasteiger partial charge in [-0.15, -0.1) is 0 Å². The quantitative estimate of drug-likeness (QED) is 0.565. The number of carboxylic acid groups (broad SMARTS) is 1. The summed E-state index contributed by atoms with van der Waals surface area (Å²) in [7, 11) is 0. The molecule has 19 heavy (non-hydrogen) atoms. The van der Waals surface area contributed by atoms with E-state index in [1.165, 1.54) is 0 Å². The summed E-state index contributed by atoms with van der Waals surface area (Å²) in [5.41, 5.74) is 5.80. The summed E-state index contributed by atoms with van der Waals surface area (Å²) in [5.74, 6) is -0.491. The molecule has 1 amide bonds. The minimum Gasteiger partial charge on any atom is -0.481 e. The lowest BCUT2D eigenvalue weighted by atomic mass is 9.94. The van der Waals surface area contributed by atoms with Gasteiger partial charge in [0.15, 0.2) is 0 Å². The molecule has 1 unspecified atom stereocenters. The Morgan fingerprint density at radius 2 is 1.89 bits per heavy atom. The number of amides is 1. The summed E-state index contributed by atoms with van der Waals surface area (Å²) in [4.78, 5) is 22.4. The molecule has 0 radical (unpaired) electrons. The first-order valence-electron chi connectivity index (χ1n) is 7.09. The van der Waals surface area contributed by atoms with Gasteiger partial charge in [-0.2, -0.15) is 0 Å². The van der Waals surface area contributed by atoms with E-state index in [0.717, 1.165) is 19.3 Å². The molecule has 0 aliphatic rings. The Morgan fingerprint density at radius 1 is 1.26 bits per heavy atom. The van der Waals surface area contributed by atoms with Crippen molar-refractivity contribution in [2.45, 2.75) is 58.9 Å². The van der Waals surface area contributed by atoms with Crippen LogP contribution < -0.4 is 11.1 Å². The summed E-state index contributed by atoms with van der Waals surface area (Å²) in [6.07, 6.45) is 3.00. The Kier molecular flexibility index (Phi) is 9.21. The standard InChI is InChI=1S/C14H28N2O3/c1-4-5-12(15)8-13(17)16-9-11(6-10(2)3)7-14(18)19/h10-12H,4-9,15H2,1-3H3,(H,16,17)(H,18,19)/t11-,12?/m0/s1. The topological polar surface area (TPSA) is 92.4 Å². The van der Waals surface area contributed by atoms with Crippen molar-refractivity contribution >= 4 is 11.9 Å². The zero-order chi connectivity index (χ0) is 14.8. The third-order valence-corrected chi connectivity index (χ3v) is 2.96. The molecule has 0 rings (SSSR count). The fraction of sp³-hybridized carbons (Fsp3) is 0.857. The Bertz CT molecular complexity index is 280. The van der Waals surface area contributed by atoms with Gasteiger partial charge in [0.25, 0.3) is 0 Å². The first-order chi connectivity index (χ1) is 8.85. The zero-order valence-electron chi connectivity index (χ0n) is 12.3. The average Bonchev–Trinajstić information content (AvgIpc) is 2.24. The number of carbonyl (C=O) groups excluding carboxylic acids is 1. The van der Waals surface area contributed by atoms with Crippen LogP contribution in [0.1, 0.15) is 52.9 Å². The van der Waals surface area contributed by atoms with Gasteiger partial charge < -0.3 is 16.2 Å². The molecule has 4 N–H and O–H groups in total. The van der Waals surface area contributed by atoms with E-state index in [1.54, 1.807) is 0 Å². The zero-order valence-corrected chi connectivity index (χ0v) is 12.3. The first kappa shape index (κ1) is 17.9. The van der Waals surface area contributed by atoms with Crippen LogP contribution >= 0.6 is 0 Å². The van der Waals surface area contributed by atoms with Crippen molar-refractivity contribution in [3.05, 3.63) is 0 Å². The van der Waals surface area contributed by atoms with Gasteiger partial charge in [0.2, 0.25) is 5.91 Å². The van der Waals surface area contributed by atoms with Crippen molar-refractivity contribution in [3.63, 3.8) is 0 Å². The number of nitrogens with two attached hydrogens (primary N) is 1. The molecular weight excluding hydrogens is 244 g/mol. The molecular formula is C14H28N2O3. The largest absolute Gasteiger partial charge is 0.481 e. The third-order valence-electron chi connectivity index (χ3n) is 2.96. The maximum Gasteiger partial charge on any atom is 0.303 e. The van der Waals surface area contributed by atoms with Gasteiger partial charge in [-0.25, -0.2) is 0 Å². The maximum absolute atomic E-state index is 11.7. The van der Waals surface area contributed by atoms with Gasteiger partial charge in [0.1, 0.15) is 0 Å². The van der Waals surface area contributed by atoms with Crippen molar-refractivity contribution in [3.8, 4) is 0 Å². The summed E-state index contributed by atoms with van der Waals surface area (Å²) in [5, 5.41) is 11.6. The number of carboxylic acids is 1. The van der Waals surface area contributed by atoms with Gasteiger partial charge in [-0.3, -0.25) is 9.59 Å². The van der Waals surface area contributed by atoms with Crippen molar-refractivity contribution in [1.82, 2.24) is 5.32 Å². The van der Waals surface area contributed by atoms with Crippen LogP contribution in [0.3, 0.4) is 0 Å². The maximum atomic E-state index is 11.7. The van der Waals surface area contributed by atoms with E-state index in [2.05, 4.69) is 5.32 Å². The van der Waals surface area contributed by atoms with E-state index >= 15 is 0 Å². The molecule has 0 saturated carbocycles. The highest BCUT2D eigenvalue weighted by atomic mass is 16.4. The summed E-state index contributed by atoms with van der Waals surface area (Å²) in [6.45, 7) is 6.55. The second-order valence-electron chi connectivity index (χ2n) is 5.65. The van der Waals surface area contributed by atoms with Crippen LogP contribution in [0.2, 0.25) is 0 Å². The smallest absolute Gasteiger partial charge is 0.303 e. The minimum absolute atomic E-state index is 0.0103. The highest BCUT2D eigenvalue weighted by Crippen LogP contribution is 2.14. The normalized spacial score (nSPS) is 14.2. The number of carbonyl (C=O) groups is 2. The predicted molar refractivity (Wildman–Crippen MR) is 75.7 cm³/mol. The minimum atomic E-state index is -0.817. The fourth-order valence-corrected chi connectivity index (χ4v) is 2.19. The molecule has 5 heteroatoms. The van der Waals surface area contributed by atoms with Crippen LogP contribution in [0, 0.1) is 11.8 Å². The van der Waals surface area contributed by atoms with E-state index in [0.29, 0.717) is 18.9 Å². The predicted octanol–water partition coefficient (Wildman–Crippen LogP) is 1.76. The van der Waals surface area contributed by atoms with Gasteiger partial charge in [0, 0.05) is 25.4 Å². The monoisotopic (exact) mass is 272 g/mol. The van der Waals surface area contributed by atoms with E-state index < -0.39 is 5.97 Å². The number of hydrogen-bond acceptors (Lipinski definition) is 3. The fourth-order valence-electron chi connectivity index (χ4n) is 2.19. The van der Waals surface area contributed by atoms with Crippen LogP contribution in [-0.4, -0.2) is 29.6 Å². The van der Waals surface area contributed by atoms with Crippen molar-refractivity contribution in [1.29, 1.82) is 0 Å². The summed E-state index contributed by atoms with van der Waals surface area (Å²) in [6, 6.07) is -0.104. The Labute approximate surface area is 115 Å². The number of aliphatic carboxylic acids is 1. The second kappa shape index (κ2) is 9.78. The highest BCUT2D eigenvalue weighted by molar-refractivity contribution is 5.76. The molecule has 112 valence electrons. The molecule has 0 aromatic rings. The molecule has 0 fully saturated rings. The summed E-state index contributed by atoms with van der Waals surface area (Å²) >= 11 is 0. The summed E-state index contributed by atoms with van der Waals surface area (Å²) < 4.78 is 0. The van der Waals surface area contributed by atoms with Crippen molar-refractivity contribution in [2.75, 3.05) is 6.54 Å². The second-order valence-corrected chi connectivity index (χ2v) is 5.65. The van der Waals surface area contributed by atoms with E-state index in [9.17, 15) is 9.59 Å². The van der Waals surface area contributed by atoms with Gasteiger partial charge in [-0.1, -0.05) is 27.2 Å². The van der Waals surface area contributed by atoms with Crippen LogP contribution in [0.25, 0.3) is 0 Å². The highest BCUT2D eigenvalue weighted by Gasteiger charge is 2.16. The van der Waals surface area contributed by atoms with Crippen LogP contribution in [0.5, 0.6) is 0 Å². The average molecular weight is 272 g/mol. The lowest BCUT2D eigenvalue weighted by Crippen LogP contribution is -2.35. The van der Waals surface area contributed by atoms with E-state index in [1.807, 2.05) is 20.8 Å². The number of rotatable bonds is 10. The van der Waals surface area contributed by atoms with Crippen molar-refractivity contribution < 1.29 is 14.7 Å². The van der Waals surface area contributed by atoms with Gasteiger partial charge in [-0.05, 0) is 24.7 Å². The van der Waals surface area contributed by atoms with E-state index in [4.69, 9.17) is 10.8 Å². The molecule has 2 atom stereocenters.